The van der Waals surface area contributed by atoms with Gasteiger partial charge in [0.25, 0.3) is 0 Å². The number of aromatic nitrogens is 4. The lowest BCUT2D eigenvalue weighted by Gasteiger charge is -2.14. The Kier molecular flexibility index (Phi) is 7.42. The van der Waals surface area contributed by atoms with Gasteiger partial charge < -0.3 is 14.6 Å². The summed E-state index contributed by atoms with van der Waals surface area (Å²) in [6, 6.07) is 14.7. The van der Waals surface area contributed by atoms with Crippen molar-refractivity contribution in [2.24, 2.45) is 0 Å². The van der Waals surface area contributed by atoms with Crippen molar-refractivity contribution >= 4 is 51.4 Å². The van der Waals surface area contributed by atoms with Gasteiger partial charge in [-0.3, -0.25) is 4.79 Å². The highest BCUT2D eigenvalue weighted by Gasteiger charge is 2.22. The summed E-state index contributed by atoms with van der Waals surface area (Å²) in [7, 11) is 0. The molecule has 0 unspecified atom stereocenters. The number of nitrogens with zero attached hydrogens (tertiary/aromatic N) is 4. The molecule has 1 N–H and O–H groups in total. The van der Waals surface area contributed by atoms with Crippen LogP contribution < -0.4 is 5.32 Å². The predicted molar refractivity (Wildman–Crippen MR) is 134 cm³/mol. The number of ether oxygens (including phenoxy) is 1. The van der Waals surface area contributed by atoms with Crippen LogP contribution in [-0.2, 0) is 16.1 Å². The molecule has 4 rings (SSSR count). The summed E-state index contributed by atoms with van der Waals surface area (Å²) in [6.45, 7) is 6.97. The monoisotopic (exact) mass is 477 g/mol. The molecule has 0 fully saturated rings. The first-order valence-electron chi connectivity index (χ1n) is 11.4. The van der Waals surface area contributed by atoms with Gasteiger partial charge in [-0.1, -0.05) is 43.8 Å². The summed E-state index contributed by atoms with van der Waals surface area (Å²) in [5.41, 5.74) is 3.68. The second-order valence-electron chi connectivity index (χ2n) is 7.74. The van der Waals surface area contributed by atoms with E-state index < -0.39 is 5.25 Å². The molecule has 176 valence electrons. The van der Waals surface area contributed by atoms with Crippen LogP contribution in [0.4, 0.5) is 5.69 Å². The van der Waals surface area contributed by atoms with Crippen LogP contribution in [0.3, 0.4) is 0 Å². The lowest BCUT2D eigenvalue weighted by atomic mass is 10.2. The van der Waals surface area contributed by atoms with Gasteiger partial charge >= 0.3 is 5.97 Å². The van der Waals surface area contributed by atoms with Crippen molar-refractivity contribution < 1.29 is 14.3 Å². The zero-order valence-corrected chi connectivity index (χ0v) is 20.3. The second-order valence-corrected chi connectivity index (χ2v) is 8.91. The number of fused-ring (bicyclic) bond motifs is 3. The summed E-state index contributed by atoms with van der Waals surface area (Å²) in [5, 5.41) is 12.8. The SMILES string of the molecule is CCCn1c2ccccc2c2nnc(S[C@H](CC)C(=O)Nc3ccc(C(=O)OCC)cc3)nc21. The number of amides is 1. The number of esters is 1. The highest BCUT2D eigenvalue weighted by Crippen LogP contribution is 2.29. The van der Waals surface area contributed by atoms with E-state index in [9.17, 15) is 9.59 Å². The van der Waals surface area contributed by atoms with Gasteiger partial charge in [-0.05, 0) is 50.1 Å². The molecule has 0 aliphatic rings. The standard InChI is InChI=1S/C25H27N5O3S/c1-4-15-30-19-10-8-7-9-18(19)21-22(30)27-25(29-28-21)34-20(5-2)23(31)26-17-13-11-16(12-14-17)24(32)33-6-3/h7-14,20H,4-6,15H2,1-3H3,(H,26,31)/t20-/m1/s1. The topological polar surface area (TPSA) is 99.0 Å². The molecule has 2 heterocycles. The molecule has 2 aromatic carbocycles. The van der Waals surface area contributed by atoms with Crippen LogP contribution in [0.1, 0.15) is 44.0 Å². The highest BCUT2D eigenvalue weighted by atomic mass is 32.2. The molecule has 8 nitrogen and oxygen atoms in total. The Morgan fingerprint density at radius 1 is 1.06 bits per heavy atom. The number of thioether (sulfide) groups is 1. The first kappa shape index (κ1) is 23.7. The number of hydrogen-bond donors (Lipinski definition) is 1. The maximum absolute atomic E-state index is 12.9. The van der Waals surface area contributed by atoms with Gasteiger partial charge in [0.05, 0.1) is 22.9 Å². The fraction of sp³-hybridized carbons (Fsp3) is 0.320. The molecular formula is C25H27N5O3S. The smallest absolute Gasteiger partial charge is 0.338 e. The second kappa shape index (κ2) is 10.6. The van der Waals surface area contributed by atoms with Crippen LogP contribution in [0.2, 0.25) is 0 Å². The van der Waals surface area contributed by atoms with Gasteiger partial charge in [0.1, 0.15) is 5.52 Å². The fourth-order valence-electron chi connectivity index (χ4n) is 3.77. The van der Waals surface area contributed by atoms with E-state index in [1.165, 1.54) is 11.8 Å². The largest absolute Gasteiger partial charge is 0.462 e. The molecule has 1 amide bonds. The van der Waals surface area contributed by atoms with Gasteiger partial charge in [0, 0.05) is 17.6 Å². The van der Waals surface area contributed by atoms with Crippen molar-refractivity contribution in [3.63, 3.8) is 0 Å². The molecule has 0 bridgehead atoms. The van der Waals surface area contributed by atoms with Crippen molar-refractivity contribution in [1.82, 2.24) is 19.7 Å². The van der Waals surface area contributed by atoms with E-state index in [0.29, 0.717) is 29.4 Å². The molecule has 0 saturated carbocycles. The summed E-state index contributed by atoms with van der Waals surface area (Å²) >= 11 is 1.30. The number of carbonyl (C=O) groups is 2. The van der Waals surface area contributed by atoms with Gasteiger partial charge in [0.15, 0.2) is 5.65 Å². The number of anilines is 1. The molecule has 0 radical (unpaired) electrons. The normalized spacial score (nSPS) is 12.1. The number of rotatable bonds is 9. The Morgan fingerprint density at radius 2 is 1.82 bits per heavy atom. The van der Waals surface area contributed by atoms with Crippen molar-refractivity contribution in [2.75, 3.05) is 11.9 Å². The quantitative estimate of drug-likeness (QED) is 0.265. The Balaban J connectivity index is 1.53. The summed E-state index contributed by atoms with van der Waals surface area (Å²) < 4.78 is 7.16. The zero-order chi connectivity index (χ0) is 24.1. The number of hydrogen-bond acceptors (Lipinski definition) is 7. The average molecular weight is 478 g/mol. The van der Waals surface area contributed by atoms with E-state index in [2.05, 4.69) is 33.1 Å². The third-order valence-corrected chi connectivity index (χ3v) is 6.59. The fourth-order valence-corrected chi connectivity index (χ4v) is 4.58. The lowest BCUT2D eigenvalue weighted by Crippen LogP contribution is -2.25. The maximum Gasteiger partial charge on any atom is 0.338 e. The molecule has 0 aliphatic carbocycles. The van der Waals surface area contributed by atoms with Gasteiger partial charge in [-0.15, -0.1) is 10.2 Å². The number of aryl methyl sites for hydroxylation is 1. The lowest BCUT2D eigenvalue weighted by molar-refractivity contribution is -0.115. The van der Waals surface area contributed by atoms with Crippen LogP contribution >= 0.6 is 11.8 Å². The van der Waals surface area contributed by atoms with E-state index in [1.807, 2.05) is 25.1 Å². The predicted octanol–water partition coefficient (Wildman–Crippen LogP) is 5.08. The van der Waals surface area contributed by atoms with Gasteiger partial charge in [-0.25, -0.2) is 9.78 Å². The van der Waals surface area contributed by atoms with Crippen LogP contribution in [0.5, 0.6) is 0 Å². The van der Waals surface area contributed by atoms with E-state index in [1.54, 1.807) is 31.2 Å². The number of para-hydroxylation sites is 1. The molecule has 0 aliphatic heterocycles. The summed E-state index contributed by atoms with van der Waals surface area (Å²) in [4.78, 5) is 29.5. The molecule has 0 spiro atoms. The summed E-state index contributed by atoms with van der Waals surface area (Å²) in [5.74, 6) is -0.544. The van der Waals surface area contributed by atoms with Crippen LogP contribution in [0.25, 0.3) is 22.1 Å². The minimum absolute atomic E-state index is 0.158. The molecule has 9 heteroatoms. The van der Waals surface area contributed by atoms with Crippen LogP contribution in [0.15, 0.2) is 53.7 Å². The molecule has 1 atom stereocenters. The summed E-state index contributed by atoms with van der Waals surface area (Å²) in [6.07, 6.45) is 1.56. The Labute approximate surface area is 202 Å². The molecule has 4 aromatic rings. The number of carbonyl (C=O) groups excluding carboxylic acids is 2. The average Bonchev–Trinajstić information content (AvgIpc) is 3.16. The van der Waals surface area contributed by atoms with E-state index >= 15 is 0 Å². The van der Waals surface area contributed by atoms with Gasteiger partial charge in [0.2, 0.25) is 11.1 Å². The molecule has 34 heavy (non-hydrogen) atoms. The minimum Gasteiger partial charge on any atom is -0.462 e. The first-order chi connectivity index (χ1) is 16.5. The first-order valence-corrected chi connectivity index (χ1v) is 12.3. The van der Waals surface area contributed by atoms with Crippen molar-refractivity contribution in [3.05, 3.63) is 54.1 Å². The van der Waals surface area contributed by atoms with E-state index in [0.717, 1.165) is 35.0 Å². The Bertz CT molecular complexity index is 1320. The zero-order valence-electron chi connectivity index (χ0n) is 19.4. The molecule has 2 aromatic heterocycles. The Hall–Kier alpha value is -3.46. The van der Waals surface area contributed by atoms with Gasteiger partial charge in [-0.2, -0.15) is 0 Å². The van der Waals surface area contributed by atoms with E-state index in [4.69, 9.17) is 9.72 Å². The van der Waals surface area contributed by atoms with Crippen molar-refractivity contribution in [3.8, 4) is 0 Å². The van der Waals surface area contributed by atoms with Crippen molar-refractivity contribution in [2.45, 2.75) is 50.6 Å². The van der Waals surface area contributed by atoms with Crippen LogP contribution in [0, 0.1) is 0 Å². The molecule has 0 saturated heterocycles. The molecular weight excluding hydrogens is 450 g/mol. The third-order valence-electron chi connectivity index (χ3n) is 5.38. The minimum atomic E-state index is -0.395. The number of nitrogens with one attached hydrogen (secondary N) is 1. The highest BCUT2D eigenvalue weighted by molar-refractivity contribution is 8.00. The number of benzene rings is 2. The van der Waals surface area contributed by atoms with Crippen molar-refractivity contribution in [1.29, 1.82) is 0 Å². The maximum atomic E-state index is 12.9. The third kappa shape index (κ3) is 4.89. The van der Waals surface area contributed by atoms with E-state index in [-0.39, 0.29) is 11.9 Å². The Morgan fingerprint density at radius 3 is 2.53 bits per heavy atom. The van der Waals surface area contributed by atoms with Crippen LogP contribution in [-0.4, -0.2) is 43.5 Å².